The first-order valence-electron chi connectivity index (χ1n) is 14.0. The molecular formula is C31H34N4O4. The molecule has 3 aliphatic rings. The standard InChI is InChI=1S/C31H34N4O4/c1-22(38-29-4-2-3-19-37-29)30-32-15-18-35(30)21-27-20-28(39-33-27)25-9-7-23(8-10-25)5-6-24-13-16-34(17-14-24)31(36)26-11-12-26/h7-10,13,15,18,20,22,26,29H,2-4,11-12,14,16-17,19,21H2,1H3/t22-,29?/m0/s1. The van der Waals surface area contributed by atoms with Gasteiger partial charge in [-0.3, -0.25) is 4.79 Å². The van der Waals surface area contributed by atoms with E-state index in [0.29, 0.717) is 24.8 Å². The SMILES string of the molecule is C[C@H](OC1CCCCO1)c1nccn1Cc1cc(-c2ccc(C#CC3=CCN(C(=O)C4CC4)CC3)cc2)on1. The molecule has 1 aliphatic carbocycles. The molecule has 1 saturated carbocycles. The van der Waals surface area contributed by atoms with E-state index < -0.39 is 0 Å². The van der Waals surface area contributed by atoms with Crippen molar-refractivity contribution in [3.8, 4) is 23.2 Å². The van der Waals surface area contributed by atoms with Crippen molar-refractivity contribution in [3.63, 3.8) is 0 Å². The van der Waals surface area contributed by atoms with Crippen molar-refractivity contribution in [3.05, 3.63) is 71.5 Å². The zero-order valence-electron chi connectivity index (χ0n) is 22.3. The van der Waals surface area contributed by atoms with Crippen LogP contribution in [0.25, 0.3) is 11.3 Å². The van der Waals surface area contributed by atoms with Crippen LogP contribution in [0, 0.1) is 17.8 Å². The summed E-state index contributed by atoms with van der Waals surface area (Å²) >= 11 is 0. The van der Waals surface area contributed by atoms with Crippen LogP contribution in [0.2, 0.25) is 0 Å². The van der Waals surface area contributed by atoms with Crippen LogP contribution in [0.5, 0.6) is 0 Å². The molecule has 2 fully saturated rings. The number of rotatable bonds is 7. The molecule has 4 heterocycles. The third-order valence-corrected chi connectivity index (χ3v) is 7.48. The summed E-state index contributed by atoms with van der Waals surface area (Å²) in [7, 11) is 0. The Labute approximate surface area is 229 Å². The van der Waals surface area contributed by atoms with Gasteiger partial charge in [0.15, 0.2) is 12.1 Å². The molecule has 1 amide bonds. The van der Waals surface area contributed by atoms with Crippen LogP contribution in [0.1, 0.15) is 68.6 Å². The molecule has 0 spiro atoms. The second kappa shape index (κ2) is 11.6. The third-order valence-electron chi connectivity index (χ3n) is 7.48. The van der Waals surface area contributed by atoms with Gasteiger partial charge < -0.3 is 23.5 Å². The van der Waals surface area contributed by atoms with Gasteiger partial charge in [-0.15, -0.1) is 0 Å². The van der Waals surface area contributed by atoms with Gasteiger partial charge in [-0.2, -0.15) is 0 Å². The maximum Gasteiger partial charge on any atom is 0.225 e. The highest BCUT2D eigenvalue weighted by Gasteiger charge is 2.33. The molecule has 8 nitrogen and oxygen atoms in total. The lowest BCUT2D eigenvalue weighted by atomic mass is 10.1. The Morgan fingerprint density at radius 1 is 1.18 bits per heavy atom. The second-order valence-corrected chi connectivity index (χ2v) is 10.5. The summed E-state index contributed by atoms with van der Waals surface area (Å²) in [6, 6.07) is 9.96. The molecule has 1 unspecified atom stereocenters. The van der Waals surface area contributed by atoms with Crippen molar-refractivity contribution in [1.82, 2.24) is 19.6 Å². The monoisotopic (exact) mass is 526 g/mol. The molecule has 2 atom stereocenters. The molecule has 2 aliphatic heterocycles. The zero-order valence-corrected chi connectivity index (χ0v) is 22.3. The first-order valence-corrected chi connectivity index (χ1v) is 14.0. The van der Waals surface area contributed by atoms with Crippen molar-refractivity contribution in [2.24, 2.45) is 5.92 Å². The molecule has 0 N–H and O–H groups in total. The molecule has 202 valence electrons. The first-order chi connectivity index (χ1) is 19.1. The van der Waals surface area contributed by atoms with Gasteiger partial charge in [0.2, 0.25) is 5.91 Å². The zero-order chi connectivity index (χ0) is 26.6. The molecule has 0 bridgehead atoms. The number of imidazole rings is 1. The lowest BCUT2D eigenvalue weighted by Crippen LogP contribution is -2.35. The molecule has 1 saturated heterocycles. The van der Waals surface area contributed by atoms with E-state index in [4.69, 9.17) is 14.0 Å². The van der Waals surface area contributed by atoms with E-state index >= 15 is 0 Å². The first kappa shape index (κ1) is 25.6. The summed E-state index contributed by atoms with van der Waals surface area (Å²) in [4.78, 5) is 18.7. The van der Waals surface area contributed by atoms with Crippen LogP contribution in [-0.4, -0.2) is 51.5 Å². The van der Waals surface area contributed by atoms with E-state index in [2.05, 4.69) is 28.1 Å². The number of hydrogen-bond acceptors (Lipinski definition) is 6. The Bertz CT molecular complexity index is 1380. The van der Waals surface area contributed by atoms with Crippen LogP contribution in [0.4, 0.5) is 0 Å². The lowest BCUT2D eigenvalue weighted by Gasteiger charge is -2.26. The minimum atomic E-state index is -0.184. The van der Waals surface area contributed by atoms with E-state index in [9.17, 15) is 4.79 Å². The average Bonchev–Trinajstić information content (AvgIpc) is 3.54. The molecule has 3 aromatic rings. The Morgan fingerprint density at radius 3 is 2.79 bits per heavy atom. The van der Waals surface area contributed by atoms with Gasteiger partial charge in [0.1, 0.15) is 17.6 Å². The van der Waals surface area contributed by atoms with Crippen LogP contribution in [0.3, 0.4) is 0 Å². The van der Waals surface area contributed by atoms with Gasteiger partial charge in [-0.1, -0.05) is 23.1 Å². The van der Waals surface area contributed by atoms with Crippen LogP contribution >= 0.6 is 0 Å². The fourth-order valence-electron chi connectivity index (χ4n) is 5.06. The minimum absolute atomic E-state index is 0.169. The molecule has 2 aromatic heterocycles. The van der Waals surface area contributed by atoms with E-state index in [0.717, 1.165) is 79.9 Å². The molecule has 39 heavy (non-hydrogen) atoms. The molecule has 6 rings (SSSR count). The Balaban J connectivity index is 1.05. The van der Waals surface area contributed by atoms with Gasteiger partial charge in [0.05, 0.1) is 6.54 Å². The summed E-state index contributed by atoms with van der Waals surface area (Å²) in [6.45, 7) is 4.74. The van der Waals surface area contributed by atoms with E-state index in [1.807, 2.05) is 52.9 Å². The Kier molecular flexibility index (Phi) is 7.62. The summed E-state index contributed by atoms with van der Waals surface area (Å²) in [5.41, 5.74) is 3.80. The highest BCUT2D eigenvalue weighted by molar-refractivity contribution is 5.81. The average molecular weight is 527 g/mol. The number of carbonyl (C=O) groups is 1. The largest absolute Gasteiger partial charge is 0.356 e. The maximum atomic E-state index is 12.2. The van der Waals surface area contributed by atoms with Crippen molar-refractivity contribution in [1.29, 1.82) is 0 Å². The fraction of sp³-hybridized carbons (Fsp3) is 0.452. The smallest absolute Gasteiger partial charge is 0.225 e. The quantitative estimate of drug-likeness (QED) is 0.398. The topological polar surface area (TPSA) is 82.6 Å². The second-order valence-electron chi connectivity index (χ2n) is 10.5. The van der Waals surface area contributed by atoms with Gasteiger partial charge in [-0.25, -0.2) is 4.98 Å². The minimum Gasteiger partial charge on any atom is -0.356 e. The van der Waals surface area contributed by atoms with Gasteiger partial charge in [-0.05, 0) is 69.7 Å². The lowest BCUT2D eigenvalue weighted by molar-refractivity contribution is -0.188. The van der Waals surface area contributed by atoms with Crippen molar-refractivity contribution in [2.75, 3.05) is 19.7 Å². The number of aromatic nitrogens is 3. The highest BCUT2D eigenvalue weighted by atomic mass is 16.7. The maximum absolute atomic E-state index is 12.2. The van der Waals surface area contributed by atoms with Crippen LogP contribution in [-0.2, 0) is 20.8 Å². The summed E-state index contributed by atoms with van der Waals surface area (Å²) in [5.74, 6) is 8.67. The number of nitrogens with zero attached hydrogens (tertiary/aromatic N) is 4. The van der Waals surface area contributed by atoms with E-state index in [1.54, 1.807) is 6.20 Å². The van der Waals surface area contributed by atoms with Crippen molar-refractivity contribution < 1.29 is 18.8 Å². The molecule has 1 aromatic carbocycles. The van der Waals surface area contributed by atoms with Crippen LogP contribution < -0.4 is 0 Å². The predicted molar refractivity (Wildman–Crippen MR) is 145 cm³/mol. The molecule has 0 radical (unpaired) electrons. The Morgan fingerprint density at radius 2 is 2.05 bits per heavy atom. The van der Waals surface area contributed by atoms with E-state index in [-0.39, 0.29) is 18.3 Å². The van der Waals surface area contributed by atoms with E-state index in [1.165, 1.54) is 0 Å². The van der Waals surface area contributed by atoms with Crippen LogP contribution in [0.15, 0.2) is 58.9 Å². The van der Waals surface area contributed by atoms with Gasteiger partial charge in [0.25, 0.3) is 0 Å². The van der Waals surface area contributed by atoms with Gasteiger partial charge >= 0.3 is 0 Å². The predicted octanol–water partition coefficient (Wildman–Crippen LogP) is 5.11. The Hall–Kier alpha value is -3.67. The highest BCUT2D eigenvalue weighted by Crippen LogP contribution is 2.32. The number of ether oxygens (including phenoxy) is 2. The number of benzene rings is 1. The summed E-state index contributed by atoms with van der Waals surface area (Å²) in [6.07, 6.45) is 11.5. The summed E-state index contributed by atoms with van der Waals surface area (Å²) < 4.78 is 19.5. The summed E-state index contributed by atoms with van der Waals surface area (Å²) in [5, 5.41) is 4.28. The van der Waals surface area contributed by atoms with Gasteiger partial charge in [0, 0.05) is 60.8 Å². The molecular weight excluding hydrogens is 492 g/mol. The number of carbonyl (C=O) groups excluding carboxylic acids is 1. The fourth-order valence-corrected chi connectivity index (χ4v) is 5.06. The number of hydrogen-bond donors (Lipinski definition) is 0. The van der Waals surface area contributed by atoms with Crippen molar-refractivity contribution >= 4 is 5.91 Å². The third kappa shape index (κ3) is 6.32. The normalized spacial score (nSPS) is 20.2. The van der Waals surface area contributed by atoms with Crippen molar-refractivity contribution in [2.45, 2.75) is 64.4 Å². The molecule has 8 heteroatoms. The number of amides is 1.